The number of rotatable bonds is 9. The summed E-state index contributed by atoms with van der Waals surface area (Å²) in [5, 5.41) is 0. The zero-order valence-corrected chi connectivity index (χ0v) is 18.2. The molecule has 0 N–H and O–H groups in total. The van der Waals surface area contributed by atoms with Crippen molar-refractivity contribution in [1.29, 1.82) is 0 Å². The largest absolute Gasteiger partial charge is 0.374 e. The highest BCUT2D eigenvalue weighted by Gasteiger charge is 2.26. The molecule has 3 rings (SSSR count). The lowest BCUT2D eigenvalue weighted by atomic mass is 9.82. The third-order valence-corrected chi connectivity index (χ3v) is 6.23. The maximum absolute atomic E-state index is 14.6. The SMILES string of the molecule is CCCCc1ccc(C2CCC(OCc3ccc(CCC)c(F)c3)CC2)c(F)c1F. The highest BCUT2D eigenvalue weighted by molar-refractivity contribution is 5.29. The van der Waals surface area contributed by atoms with Crippen molar-refractivity contribution >= 4 is 0 Å². The smallest absolute Gasteiger partial charge is 0.162 e. The van der Waals surface area contributed by atoms with Crippen LogP contribution in [-0.4, -0.2) is 6.10 Å². The van der Waals surface area contributed by atoms with Gasteiger partial charge in [-0.25, -0.2) is 13.2 Å². The molecule has 0 atom stereocenters. The molecule has 0 aromatic heterocycles. The van der Waals surface area contributed by atoms with E-state index in [1.807, 2.05) is 26.0 Å². The fraction of sp³-hybridized carbons (Fsp3) is 0.538. The molecule has 0 bridgehead atoms. The number of benzene rings is 2. The first-order valence-electron chi connectivity index (χ1n) is 11.4. The zero-order valence-electron chi connectivity index (χ0n) is 18.2. The highest BCUT2D eigenvalue weighted by atomic mass is 19.2. The maximum atomic E-state index is 14.6. The molecule has 164 valence electrons. The molecular weight excluding hydrogens is 385 g/mol. The predicted octanol–water partition coefficient (Wildman–Crippen LogP) is 7.64. The number of hydrogen-bond donors (Lipinski definition) is 0. The molecule has 0 aliphatic heterocycles. The van der Waals surface area contributed by atoms with Gasteiger partial charge in [-0.05, 0) is 79.2 Å². The van der Waals surface area contributed by atoms with Gasteiger partial charge in [-0.2, -0.15) is 0 Å². The molecule has 30 heavy (non-hydrogen) atoms. The molecule has 0 unspecified atom stereocenters. The molecule has 0 radical (unpaired) electrons. The molecule has 0 saturated heterocycles. The number of aryl methyl sites for hydroxylation is 2. The summed E-state index contributed by atoms with van der Waals surface area (Å²) in [5.41, 5.74) is 2.56. The molecule has 0 amide bonds. The zero-order chi connectivity index (χ0) is 21.5. The lowest BCUT2D eigenvalue weighted by Crippen LogP contribution is -2.21. The van der Waals surface area contributed by atoms with Crippen LogP contribution in [0.15, 0.2) is 30.3 Å². The van der Waals surface area contributed by atoms with Crippen LogP contribution in [0.5, 0.6) is 0 Å². The van der Waals surface area contributed by atoms with Crippen molar-refractivity contribution in [1.82, 2.24) is 0 Å². The molecule has 4 heteroatoms. The van der Waals surface area contributed by atoms with E-state index < -0.39 is 11.6 Å². The maximum Gasteiger partial charge on any atom is 0.162 e. The number of unbranched alkanes of at least 4 members (excludes halogenated alkanes) is 1. The van der Waals surface area contributed by atoms with Crippen molar-refractivity contribution < 1.29 is 17.9 Å². The monoisotopic (exact) mass is 418 g/mol. The number of hydrogen-bond acceptors (Lipinski definition) is 1. The van der Waals surface area contributed by atoms with Crippen molar-refractivity contribution in [2.75, 3.05) is 0 Å². The molecule has 2 aromatic carbocycles. The van der Waals surface area contributed by atoms with E-state index in [9.17, 15) is 13.2 Å². The summed E-state index contributed by atoms with van der Waals surface area (Å²) >= 11 is 0. The Kier molecular flexibility index (Phi) is 8.38. The minimum atomic E-state index is -0.673. The van der Waals surface area contributed by atoms with E-state index in [4.69, 9.17) is 4.74 Å². The summed E-state index contributed by atoms with van der Waals surface area (Å²) in [4.78, 5) is 0. The van der Waals surface area contributed by atoms with Crippen LogP contribution >= 0.6 is 0 Å². The second kappa shape index (κ2) is 11.0. The molecule has 0 spiro atoms. The van der Waals surface area contributed by atoms with Gasteiger partial charge in [0.1, 0.15) is 5.82 Å². The standard InChI is InChI=1S/C26H33F3O/c1-3-5-7-21-12-15-23(26(29)25(21)28)19-10-13-22(14-11-19)30-17-18-8-9-20(6-4-2)24(27)16-18/h8-9,12,15-16,19,22H,3-7,10-11,13-14,17H2,1-2H3. The highest BCUT2D eigenvalue weighted by Crippen LogP contribution is 2.36. The second-order valence-corrected chi connectivity index (χ2v) is 8.51. The Morgan fingerprint density at radius 2 is 1.57 bits per heavy atom. The van der Waals surface area contributed by atoms with E-state index in [1.165, 1.54) is 0 Å². The minimum absolute atomic E-state index is 0.0327. The van der Waals surface area contributed by atoms with Gasteiger partial charge in [-0.15, -0.1) is 0 Å². The summed E-state index contributed by atoms with van der Waals surface area (Å²) in [5.74, 6) is -1.48. The Labute approximate surface area is 178 Å². The van der Waals surface area contributed by atoms with Gasteiger partial charge in [0, 0.05) is 0 Å². The van der Waals surface area contributed by atoms with Crippen molar-refractivity contribution in [3.63, 3.8) is 0 Å². The topological polar surface area (TPSA) is 9.23 Å². The molecular formula is C26H33F3O. The van der Waals surface area contributed by atoms with Gasteiger partial charge < -0.3 is 4.74 Å². The van der Waals surface area contributed by atoms with Gasteiger partial charge in [0.2, 0.25) is 0 Å². The Morgan fingerprint density at radius 3 is 2.23 bits per heavy atom. The third-order valence-electron chi connectivity index (χ3n) is 6.23. The summed E-state index contributed by atoms with van der Waals surface area (Å²) in [6.45, 7) is 4.46. The van der Waals surface area contributed by atoms with Crippen LogP contribution in [0.3, 0.4) is 0 Å². The molecule has 2 aromatic rings. The Balaban J connectivity index is 1.52. The van der Waals surface area contributed by atoms with Crippen molar-refractivity contribution in [2.45, 2.75) is 90.3 Å². The van der Waals surface area contributed by atoms with E-state index in [0.29, 0.717) is 24.2 Å². The van der Waals surface area contributed by atoms with Crippen LogP contribution in [0.1, 0.15) is 87.0 Å². The first-order chi connectivity index (χ1) is 14.5. The Hall–Kier alpha value is -1.81. The van der Waals surface area contributed by atoms with Gasteiger partial charge in [0.05, 0.1) is 12.7 Å². The molecule has 1 nitrogen and oxygen atoms in total. The van der Waals surface area contributed by atoms with Crippen LogP contribution in [0, 0.1) is 17.5 Å². The lowest BCUT2D eigenvalue weighted by Gasteiger charge is -2.29. The molecule has 1 saturated carbocycles. The summed E-state index contributed by atoms with van der Waals surface area (Å²) in [6.07, 6.45) is 7.32. The van der Waals surface area contributed by atoms with E-state index in [2.05, 4.69) is 0 Å². The van der Waals surface area contributed by atoms with Crippen LogP contribution in [0.25, 0.3) is 0 Å². The average Bonchev–Trinajstić information content (AvgIpc) is 2.76. The summed E-state index contributed by atoms with van der Waals surface area (Å²) < 4.78 is 49.1. The normalized spacial score (nSPS) is 19.2. The molecule has 1 aliphatic rings. The average molecular weight is 419 g/mol. The third kappa shape index (κ3) is 5.66. The Bertz CT molecular complexity index is 825. The van der Waals surface area contributed by atoms with Gasteiger partial charge in [-0.1, -0.05) is 51.0 Å². The van der Waals surface area contributed by atoms with Crippen LogP contribution in [0.4, 0.5) is 13.2 Å². The van der Waals surface area contributed by atoms with Gasteiger partial charge in [0.25, 0.3) is 0 Å². The number of ether oxygens (including phenoxy) is 1. The Morgan fingerprint density at radius 1 is 0.833 bits per heavy atom. The van der Waals surface area contributed by atoms with E-state index >= 15 is 0 Å². The number of halogens is 3. The molecule has 1 aliphatic carbocycles. The minimum Gasteiger partial charge on any atom is -0.374 e. The summed E-state index contributed by atoms with van der Waals surface area (Å²) in [7, 11) is 0. The van der Waals surface area contributed by atoms with Crippen molar-refractivity contribution in [3.05, 3.63) is 70.0 Å². The van der Waals surface area contributed by atoms with E-state index in [0.717, 1.165) is 62.5 Å². The van der Waals surface area contributed by atoms with Gasteiger partial charge in [0.15, 0.2) is 11.6 Å². The van der Waals surface area contributed by atoms with Crippen molar-refractivity contribution in [2.24, 2.45) is 0 Å². The lowest BCUT2D eigenvalue weighted by molar-refractivity contribution is 0.0130. The van der Waals surface area contributed by atoms with Crippen molar-refractivity contribution in [3.8, 4) is 0 Å². The van der Waals surface area contributed by atoms with Crippen LogP contribution < -0.4 is 0 Å². The second-order valence-electron chi connectivity index (χ2n) is 8.51. The fourth-order valence-electron chi connectivity index (χ4n) is 4.39. The van der Waals surface area contributed by atoms with Gasteiger partial charge >= 0.3 is 0 Å². The molecule has 1 fully saturated rings. The summed E-state index contributed by atoms with van der Waals surface area (Å²) in [6, 6.07) is 8.86. The van der Waals surface area contributed by atoms with Crippen LogP contribution in [0.2, 0.25) is 0 Å². The van der Waals surface area contributed by atoms with Gasteiger partial charge in [-0.3, -0.25) is 0 Å². The van der Waals surface area contributed by atoms with Crippen LogP contribution in [-0.2, 0) is 24.2 Å². The first-order valence-corrected chi connectivity index (χ1v) is 11.4. The van der Waals surface area contributed by atoms with E-state index in [1.54, 1.807) is 18.2 Å². The van der Waals surface area contributed by atoms with E-state index in [-0.39, 0.29) is 17.8 Å². The first kappa shape index (κ1) is 22.9. The molecule has 0 heterocycles. The predicted molar refractivity (Wildman–Crippen MR) is 115 cm³/mol. The fourth-order valence-corrected chi connectivity index (χ4v) is 4.39. The quantitative estimate of drug-likeness (QED) is 0.406.